The maximum absolute atomic E-state index is 13.1. The van der Waals surface area contributed by atoms with Gasteiger partial charge in [0.1, 0.15) is 0 Å². The number of fused-ring (bicyclic) bond motifs is 1. The molecule has 2 N–H and O–H groups in total. The first-order valence-corrected chi connectivity index (χ1v) is 9.98. The number of sulfonamides is 1. The van der Waals surface area contributed by atoms with Crippen LogP contribution in [-0.2, 0) is 28.0 Å². The van der Waals surface area contributed by atoms with Gasteiger partial charge >= 0.3 is 0 Å². The van der Waals surface area contributed by atoms with Crippen molar-refractivity contribution in [2.75, 3.05) is 19.6 Å². The zero-order chi connectivity index (χ0) is 17.4. The molecule has 0 spiro atoms. The summed E-state index contributed by atoms with van der Waals surface area (Å²) in [6.45, 7) is 2.46. The third-order valence-corrected chi connectivity index (χ3v) is 7.10. The minimum Gasteiger partial charge on any atom is -0.372 e. The molecule has 0 saturated carbocycles. The van der Waals surface area contributed by atoms with Crippen LogP contribution in [0.25, 0.3) is 0 Å². The fraction of sp³-hybridized carbons (Fsp3) is 0.368. The van der Waals surface area contributed by atoms with Crippen molar-refractivity contribution in [1.29, 1.82) is 0 Å². The molecule has 7 heteroatoms. The van der Waals surface area contributed by atoms with Crippen LogP contribution >= 0.6 is 12.4 Å². The van der Waals surface area contributed by atoms with Gasteiger partial charge in [0.15, 0.2) is 0 Å². The molecule has 2 atom stereocenters. The molecule has 1 saturated heterocycles. The van der Waals surface area contributed by atoms with Crippen molar-refractivity contribution in [1.82, 2.24) is 4.31 Å². The molecule has 26 heavy (non-hydrogen) atoms. The summed E-state index contributed by atoms with van der Waals surface area (Å²) in [5.41, 5.74) is 9.13. The lowest BCUT2D eigenvalue weighted by Gasteiger charge is -2.17. The number of ether oxygens (including phenoxy) is 1. The highest BCUT2D eigenvalue weighted by Gasteiger charge is 2.39. The molecule has 0 unspecified atom stereocenters. The molecule has 2 aromatic carbocycles. The van der Waals surface area contributed by atoms with Gasteiger partial charge in [-0.2, -0.15) is 4.31 Å². The Labute approximate surface area is 160 Å². The number of nitrogens with two attached hydrogens (primary N) is 1. The number of hydrogen-bond acceptors (Lipinski definition) is 4. The van der Waals surface area contributed by atoms with Crippen LogP contribution in [0.4, 0.5) is 0 Å². The lowest BCUT2D eigenvalue weighted by molar-refractivity contribution is 0.134. The van der Waals surface area contributed by atoms with E-state index in [0.717, 1.165) is 16.7 Å². The van der Waals surface area contributed by atoms with Crippen molar-refractivity contribution in [3.05, 3.63) is 65.2 Å². The lowest BCUT2D eigenvalue weighted by atomic mass is 9.89. The normalized spacial score (nSPS) is 22.8. The van der Waals surface area contributed by atoms with E-state index in [4.69, 9.17) is 10.5 Å². The van der Waals surface area contributed by atoms with E-state index in [-0.39, 0.29) is 24.2 Å². The van der Waals surface area contributed by atoms with Crippen LogP contribution < -0.4 is 5.73 Å². The molecule has 140 valence electrons. The largest absolute Gasteiger partial charge is 0.372 e. The molecular weight excluding hydrogens is 372 g/mol. The lowest BCUT2D eigenvalue weighted by Crippen LogP contribution is -2.30. The van der Waals surface area contributed by atoms with Crippen molar-refractivity contribution < 1.29 is 13.2 Å². The van der Waals surface area contributed by atoms with Crippen molar-refractivity contribution in [2.24, 2.45) is 11.7 Å². The fourth-order valence-electron chi connectivity index (χ4n) is 3.80. The summed E-state index contributed by atoms with van der Waals surface area (Å²) >= 11 is 0. The van der Waals surface area contributed by atoms with E-state index in [2.05, 4.69) is 12.1 Å². The molecule has 4 rings (SSSR count). The number of nitrogens with zero attached hydrogens (tertiary/aromatic N) is 1. The summed E-state index contributed by atoms with van der Waals surface area (Å²) in [5.74, 6) is 0.272. The molecule has 1 fully saturated rings. The van der Waals surface area contributed by atoms with E-state index in [1.165, 1.54) is 0 Å². The second-order valence-electron chi connectivity index (χ2n) is 6.76. The highest BCUT2D eigenvalue weighted by molar-refractivity contribution is 7.89. The highest BCUT2D eigenvalue weighted by Crippen LogP contribution is 2.35. The van der Waals surface area contributed by atoms with Crippen LogP contribution in [0.15, 0.2) is 53.4 Å². The number of benzene rings is 2. The molecular formula is C19H23ClN2O3S. The second kappa shape index (κ2) is 7.66. The van der Waals surface area contributed by atoms with Gasteiger partial charge in [0, 0.05) is 19.0 Å². The van der Waals surface area contributed by atoms with Crippen LogP contribution in [0.5, 0.6) is 0 Å². The summed E-state index contributed by atoms with van der Waals surface area (Å²) in [6, 6.07) is 15.4. The van der Waals surface area contributed by atoms with Crippen molar-refractivity contribution in [3.8, 4) is 0 Å². The quantitative estimate of drug-likeness (QED) is 0.864. The van der Waals surface area contributed by atoms with Crippen LogP contribution in [-0.4, -0.2) is 32.4 Å². The van der Waals surface area contributed by atoms with E-state index in [1.807, 2.05) is 24.3 Å². The van der Waals surface area contributed by atoms with Gasteiger partial charge in [-0.15, -0.1) is 12.4 Å². The SMILES string of the molecule is Cl.NC[C@@H]1CN(S(=O)(=O)c2ccc3c(c2)COC3)C[C@H]1c1ccccc1. The predicted octanol–water partition coefficient (Wildman–Crippen LogP) is 2.50. The monoisotopic (exact) mass is 394 g/mol. The number of rotatable bonds is 4. The van der Waals surface area contributed by atoms with Gasteiger partial charge in [0.2, 0.25) is 10.0 Å². The number of halogens is 1. The molecule has 2 aromatic rings. The van der Waals surface area contributed by atoms with Crippen LogP contribution in [0.1, 0.15) is 22.6 Å². The molecule has 0 bridgehead atoms. The molecule has 2 aliphatic heterocycles. The Kier molecular flexibility index (Phi) is 5.69. The van der Waals surface area contributed by atoms with Gasteiger partial charge < -0.3 is 10.5 Å². The molecule has 0 radical (unpaired) electrons. The van der Waals surface area contributed by atoms with Gasteiger partial charge in [0.05, 0.1) is 18.1 Å². The zero-order valence-electron chi connectivity index (χ0n) is 14.4. The Morgan fingerprint density at radius 2 is 1.77 bits per heavy atom. The summed E-state index contributed by atoms with van der Waals surface area (Å²) in [6.07, 6.45) is 0. The third kappa shape index (κ3) is 3.40. The van der Waals surface area contributed by atoms with Gasteiger partial charge in [-0.3, -0.25) is 0 Å². The number of hydrogen-bond donors (Lipinski definition) is 1. The molecule has 0 aromatic heterocycles. The van der Waals surface area contributed by atoms with E-state index in [9.17, 15) is 8.42 Å². The van der Waals surface area contributed by atoms with Gasteiger partial charge in [-0.25, -0.2) is 8.42 Å². The Morgan fingerprint density at radius 3 is 2.50 bits per heavy atom. The topological polar surface area (TPSA) is 72.6 Å². The Bertz CT molecular complexity index is 874. The smallest absolute Gasteiger partial charge is 0.243 e. The van der Waals surface area contributed by atoms with Crippen molar-refractivity contribution >= 4 is 22.4 Å². The molecule has 0 amide bonds. The standard InChI is InChI=1S/C19H22N2O3S.ClH/c20-9-17-10-21(11-19(17)14-4-2-1-3-5-14)25(22,23)18-7-6-15-12-24-13-16(15)8-18;/h1-8,17,19H,9-13,20H2;1H/t17-,19+;/m1./s1. The van der Waals surface area contributed by atoms with Gasteiger partial charge in [-0.1, -0.05) is 36.4 Å². The molecule has 2 heterocycles. The van der Waals surface area contributed by atoms with Gasteiger partial charge in [-0.05, 0) is 41.3 Å². The fourth-order valence-corrected chi connectivity index (χ4v) is 5.38. The minimum atomic E-state index is -3.52. The van der Waals surface area contributed by atoms with E-state index in [1.54, 1.807) is 16.4 Å². The van der Waals surface area contributed by atoms with Gasteiger partial charge in [0.25, 0.3) is 0 Å². The first-order chi connectivity index (χ1) is 12.1. The van der Waals surface area contributed by atoms with Crippen LogP contribution in [0, 0.1) is 5.92 Å². The van der Waals surface area contributed by atoms with Crippen molar-refractivity contribution in [3.63, 3.8) is 0 Å². The first kappa shape index (κ1) is 19.3. The van der Waals surface area contributed by atoms with E-state index < -0.39 is 10.0 Å². The Morgan fingerprint density at radius 1 is 1.04 bits per heavy atom. The highest BCUT2D eigenvalue weighted by atomic mass is 35.5. The average molecular weight is 395 g/mol. The zero-order valence-corrected chi connectivity index (χ0v) is 16.0. The van der Waals surface area contributed by atoms with E-state index >= 15 is 0 Å². The molecule has 2 aliphatic rings. The summed E-state index contributed by atoms with van der Waals surface area (Å²) < 4.78 is 33.2. The second-order valence-corrected chi connectivity index (χ2v) is 8.70. The van der Waals surface area contributed by atoms with Crippen LogP contribution in [0.3, 0.4) is 0 Å². The maximum Gasteiger partial charge on any atom is 0.243 e. The Balaban J connectivity index is 0.00000196. The molecule has 0 aliphatic carbocycles. The van der Waals surface area contributed by atoms with E-state index in [0.29, 0.717) is 37.7 Å². The maximum atomic E-state index is 13.1. The molecule has 5 nitrogen and oxygen atoms in total. The van der Waals surface area contributed by atoms with Crippen LogP contribution in [0.2, 0.25) is 0 Å². The summed E-state index contributed by atoms with van der Waals surface area (Å²) in [4.78, 5) is 0.348. The third-order valence-electron chi connectivity index (χ3n) is 5.27. The average Bonchev–Trinajstić information content (AvgIpc) is 3.28. The summed E-state index contributed by atoms with van der Waals surface area (Å²) in [7, 11) is -3.52. The first-order valence-electron chi connectivity index (χ1n) is 8.54. The summed E-state index contributed by atoms with van der Waals surface area (Å²) in [5, 5.41) is 0. The Hall–Kier alpha value is -1.44. The minimum absolute atomic E-state index is 0. The van der Waals surface area contributed by atoms with Crippen molar-refractivity contribution in [2.45, 2.75) is 24.0 Å². The predicted molar refractivity (Wildman–Crippen MR) is 103 cm³/mol.